The molecule has 80 valence electrons. The fraction of sp³-hybridized carbons (Fsp3) is 0.286. The van der Waals surface area contributed by atoms with Gasteiger partial charge in [0.15, 0.2) is 0 Å². The van der Waals surface area contributed by atoms with Gasteiger partial charge in [-0.25, -0.2) is 0 Å². The van der Waals surface area contributed by atoms with E-state index < -0.39 is 0 Å². The Morgan fingerprint density at radius 1 is 0.867 bits per heavy atom. The van der Waals surface area contributed by atoms with Crippen molar-refractivity contribution in [3.05, 3.63) is 47.5 Å². The molecular formula is C14H19P. The van der Waals surface area contributed by atoms with E-state index in [1.165, 1.54) is 21.9 Å². The van der Waals surface area contributed by atoms with Gasteiger partial charge >= 0.3 is 0 Å². The van der Waals surface area contributed by atoms with E-state index in [1.54, 1.807) is 0 Å². The molecule has 1 atom stereocenters. The van der Waals surface area contributed by atoms with Crippen molar-refractivity contribution in [1.82, 2.24) is 0 Å². The lowest BCUT2D eigenvalue weighted by Crippen LogP contribution is -1.92. The molecule has 0 N–H and O–H groups in total. The number of hydrogen-bond acceptors (Lipinski definition) is 0. The van der Waals surface area contributed by atoms with E-state index in [4.69, 9.17) is 0 Å². The summed E-state index contributed by atoms with van der Waals surface area (Å²) in [5.41, 5.74) is 3.01. The Morgan fingerprint density at radius 3 is 2.27 bits per heavy atom. The number of fused-ring (bicyclic) bond motifs is 1. The summed E-state index contributed by atoms with van der Waals surface area (Å²) in [5, 5.41) is 2.79. The Balaban J connectivity index is 0.00000112. The van der Waals surface area contributed by atoms with Crippen LogP contribution in [0.4, 0.5) is 0 Å². The second-order valence-electron chi connectivity index (χ2n) is 3.63. The maximum absolute atomic E-state index is 2.27. The van der Waals surface area contributed by atoms with E-state index in [0.29, 0.717) is 0 Å². The summed E-state index contributed by atoms with van der Waals surface area (Å²) >= 11 is 0. The lowest BCUT2D eigenvalue weighted by atomic mass is 9.96. The predicted octanol–water partition coefficient (Wildman–Crippen LogP) is 4.02. The highest BCUT2D eigenvalue weighted by Crippen LogP contribution is 2.23. The molecule has 0 bridgehead atoms. The second-order valence-corrected chi connectivity index (χ2v) is 3.63. The molecule has 0 aliphatic heterocycles. The zero-order valence-electron chi connectivity index (χ0n) is 9.59. The standard InChI is InChI=1S/C14H16.H3P/c1-3-11-9-10-12-7-5-6-8-14(12)13(11)4-2;/h5-10H,3-4H2,1-2H3;1H3. The van der Waals surface area contributed by atoms with E-state index in [1.807, 2.05) is 0 Å². The third-order valence-electron chi connectivity index (χ3n) is 2.87. The quantitative estimate of drug-likeness (QED) is 0.668. The first-order valence-corrected chi connectivity index (χ1v) is 5.36. The topological polar surface area (TPSA) is 0 Å². The molecule has 2 aromatic carbocycles. The van der Waals surface area contributed by atoms with Crippen molar-refractivity contribution in [2.45, 2.75) is 26.7 Å². The maximum Gasteiger partial charge on any atom is -0.0149 e. The van der Waals surface area contributed by atoms with Crippen LogP contribution in [0.1, 0.15) is 25.0 Å². The van der Waals surface area contributed by atoms with Gasteiger partial charge in [-0.3, -0.25) is 0 Å². The second kappa shape index (κ2) is 5.28. The lowest BCUT2D eigenvalue weighted by molar-refractivity contribution is 1.05. The molecule has 0 saturated carbocycles. The van der Waals surface area contributed by atoms with E-state index in [9.17, 15) is 0 Å². The number of aryl methyl sites for hydroxylation is 2. The van der Waals surface area contributed by atoms with Gasteiger partial charge in [0, 0.05) is 0 Å². The molecule has 0 nitrogen and oxygen atoms in total. The molecule has 2 rings (SSSR count). The molecule has 0 radical (unpaired) electrons. The Morgan fingerprint density at radius 2 is 1.60 bits per heavy atom. The van der Waals surface area contributed by atoms with E-state index in [0.717, 1.165) is 12.8 Å². The van der Waals surface area contributed by atoms with Gasteiger partial charge in [0.2, 0.25) is 0 Å². The zero-order chi connectivity index (χ0) is 9.97. The Kier molecular flexibility index (Phi) is 4.29. The highest BCUT2D eigenvalue weighted by atomic mass is 31.0. The van der Waals surface area contributed by atoms with E-state index >= 15 is 0 Å². The van der Waals surface area contributed by atoms with Gasteiger partial charge in [0.1, 0.15) is 0 Å². The molecule has 1 heteroatoms. The van der Waals surface area contributed by atoms with Crippen LogP contribution in [0.15, 0.2) is 36.4 Å². The van der Waals surface area contributed by atoms with Crippen LogP contribution in [0, 0.1) is 0 Å². The highest BCUT2D eigenvalue weighted by Gasteiger charge is 2.03. The van der Waals surface area contributed by atoms with Crippen LogP contribution >= 0.6 is 9.90 Å². The van der Waals surface area contributed by atoms with Crippen LogP contribution in [-0.4, -0.2) is 0 Å². The Bertz CT molecular complexity index is 446. The van der Waals surface area contributed by atoms with Crippen molar-refractivity contribution in [3.63, 3.8) is 0 Å². The largest absolute Gasteiger partial charge is 0.153 e. The number of hydrogen-bond donors (Lipinski definition) is 0. The summed E-state index contributed by atoms with van der Waals surface area (Å²) in [5.74, 6) is 0. The third-order valence-corrected chi connectivity index (χ3v) is 2.87. The summed E-state index contributed by atoms with van der Waals surface area (Å²) in [4.78, 5) is 0. The van der Waals surface area contributed by atoms with Crippen molar-refractivity contribution in [2.24, 2.45) is 0 Å². The van der Waals surface area contributed by atoms with Crippen molar-refractivity contribution in [2.75, 3.05) is 0 Å². The molecule has 0 aliphatic rings. The fourth-order valence-corrected chi connectivity index (χ4v) is 2.13. The molecule has 0 spiro atoms. The fourth-order valence-electron chi connectivity index (χ4n) is 2.13. The van der Waals surface area contributed by atoms with Crippen molar-refractivity contribution >= 4 is 20.7 Å². The van der Waals surface area contributed by atoms with Crippen LogP contribution in [0.5, 0.6) is 0 Å². The first-order valence-electron chi connectivity index (χ1n) is 5.36. The predicted molar refractivity (Wildman–Crippen MR) is 73.8 cm³/mol. The lowest BCUT2D eigenvalue weighted by Gasteiger charge is -2.09. The minimum Gasteiger partial charge on any atom is -0.153 e. The minimum atomic E-state index is 0. The third kappa shape index (κ3) is 2.21. The average molecular weight is 218 g/mol. The Hall–Kier alpha value is -0.870. The zero-order valence-corrected chi connectivity index (χ0v) is 11.0. The maximum atomic E-state index is 2.27. The van der Waals surface area contributed by atoms with Crippen LogP contribution in [0.25, 0.3) is 10.8 Å². The first kappa shape index (κ1) is 12.2. The molecular weight excluding hydrogens is 199 g/mol. The van der Waals surface area contributed by atoms with Gasteiger partial charge < -0.3 is 0 Å². The van der Waals surface area contributed by atoms with Crippen LogP contribution in [0.2, 0.25) is 0 Å². The summed E-state index contributed by atoms with van der Waals surface area (Å²) in [6.07, 6.45) is 2.26. The molecule has 1 unspecified atom stereocenters. The molecule has 0 aliphatic carbocycles. The SMILES string of the molecule is CCc1ccc2ccccc2c1CC.P. The van der Waals surface area contributed by atoms with Crippen LogP contribution in [0.3, 0.4) is 0 Å². The van der Waals surface area contributed by atoms with Gasteiger partial charge in [0.05, 0.1) is 0 Å². The highest BCUT2D eigenvalue weighted by molar-refractivity contribution is 6.92. The van der Waals surface area contributed by atoms with E-state index in [2.05, 4.69) is 50.2 Å². The molecule has 0 heterocycles. The van der Waals surface area contributed by atoms with Gasteiger partial charge in [0.25, 0.3) is 0 Å². The van der Waals surface area contributed by atoms with Crippen molar-refractivity contribution in [3.8, 4) is 0 Å². The van der Waals surface area contributed by atoms with Gasteiger partial charge in [-0.2, -0.15) is 9.90 Å². The molecule has 2 aromatic rings. The summed E-state index contributed by atoms with van der Waals surface area (Å²) in [7, 11) is 0. The van der Waals surface area contributed by atoms with Crippen molar-refractivity contribution < 1.29 is 0 Å². The molecule has 0 saturated heterocycles. The molecule has 0 aromatic heterocycles. The van der Waals surface area contributed by atoms with Crippen LogP contribution < -0.4 is 0 Å². The molecule has 0 amide bonds. The van der Waals surface area contributed by atoms with E-state index in [-0.39, 0.29) is 9.90 Å². The average Bonchev–Trinajstić information content (AvgIpc) is 2.27. The first-order chi connectivity index (χ1) is 6.86. The van der Waals surface area contributed by atoms with Gasteiger partial charge in [-0.05, 0) is 34.7 Å². The summed E-state index contributed by atoms with van der Waals surface area (Å²) in [6, 6.07) is 13.1. The van der Waals surface area contributed by atoms with Gasteiger partial charge in [-0.1, -0.05) is 50.2 Å². The number of benzene rings is 2. The molecule has 15 heavy (non-hydrogen) atoms. The summed E-state index contributed by atoms with van der Waals surface area (Å²) < 4.78 is 0. The Labute approximate surface area is 95.3 Å². The van der Waals surface area contributed by atoms with Gasteiger partial charge in [-0.15, -0.1) is 0 Å². The molecule has 0 fully saturated rings. The number of rotatable bonds is 2. The monoisotopic (exact) mass is 218 g/mol. The minimum absolute atomic E-state index is 0. The smallest absolute Gasteiger partial charge is 0.0149 e. The van der Waals surface area contributed by atoms with Crippen LogP contribution in [-0.2, 0) is 12.8 Å². The van der Waals surface area contributed by atoms with Crippen molar-refractivity contribution in [1.29, 1.82) is 0 Å². The summed E-state index contributed by atoms with van der Waals surface area (Å²) in [6.45, 7) is 4.46. The normalized spacial score (nSPS) is 10.0.